The van der Waals surface area contributed by atoms with E-state index in [4.69, 9.17) is 0 Å². The lowest BCUT2D eigenvalue weighted by Crippen LogP contribution is -2.26. The van der Waals surface area contributed by atoms with E-state index >= 15 is 0 Å². The molecule has 0 saturated heterocycles. The fourth-order valence-corrected chi connectivity index (χ4v) is 2.67. The number of carbonyl (C=O) groups is 1. The minimum Gasteiger partial charge on any atom is -0.346 e. The van der Waals surface area contributed by atoms with Gasteiger partial charge in [0.05, 0.1) is 12.4 Å². The number of hydrogen-bond acceptors (Lipinski definition) is 2. The standard InChI is InChI=1S/C18H16IN3O/c1-13(21-18(23)15-2-6-16(19)7-3-15)14-4-8-17(9-5-14)22-11-10-20-12-22/h2-13H,1H3,(H,21,23). The van der Waals surface area contributed by atoms with Gasteiger partial charge in [-0.05, 0) is 71.5 Å². The van der Waals surface area contributed by atoms with E-state index in [1.165, 1.54) is 0 Å². The van der Waals surface area contributed by atoms with E-state index in [1.54, 1.807) is 12.5 Å². The highest BCUT2D eigenvalue weighted by Crippen LogP contribution is 2.16. The Morgan fingerprint density at radius 2 is 1.83 bits per heavy atom. The topological polar surface area (TPSA) is 46.9 Å². The monoisotopic (exact) mass is 417 g/mol. The molecule has 1 N–H and O–H groups in total. The van der Waals surface area contributed by atoms with Crippen LogP contribution in [0.3, 0.4) is 0 Å². The highest BCUT2D eigenvalue weighted by Gasteiger charge is 2.11. The predicted octanol–water partition coefficient (Wildman–Crippen LogP) is 3.97. The number of nitrogens with one attached hydrogen (secondary N) is 1. The number of imidazole rings is 1. The van der Waals surface area contributed by atoms with Crippen LogP contribution in [0.5, 0.6) is 0 Å². The Bertz CT molecular complexity index is 780. The molecule has 4 nitrogen and oxygen atoms in total. The van der Waals surface area contributed by atoms with E-state index in [-0.39, 0.29) is 11.9 Å². The zero-order chi connectivity index (χ0) is 16.2. The van der Waals surface area contributed by atoms with Crippen molar-refractivity contribution in [3.63, 3.8) is 0 Å². The fourth-order valence-electron chi connectivity index (χ4n) is 2.31. The van der Waals surface area contributed by atoms with Gasteiger partial charge in [-0.15, -0.1) is 0 Å². The molecule has 23 heavy (non-hydrogen) atoms. The molecule has 3 aromatic rings. The highest BCUT2D eigenvalue weighted by atomic mass is 127. The quantitative estimate of drug-likeness (QED) is 0.654. The molecule has 0 radical (unpaired) electrons. The SMILES string of the molecule is CC(NC(=O)c1ccc(I)cc1)c1ccc(-n2ccnc2)cc1. The van der Waals surface area contributed by atoms with Gasteiger partial charge in [0.2, 0.25) is 0 Å². The maximum Gasteiger partial charge on any atom is 0.251 e. The van der Waals surface area contributed by atoms with E-state index in [9.17, 15) is 4.79 Å². The molecule has 0 aliphatic heterocycles. The van der Waals surface area contributed by atoms with Crippen molar-refractivity contribution in [2.75, 3.05) is 0 Å². The van der Waals surface area contributed by atoms with E-state index in [2.05, 4.69) is 32.9 Å². The van der Waals surface area contributed by atoms with Crippen LogP contribution >= 0.6 is 22.6 Å². The summed E-state index contributed by atoms with van der Waals surface area (Å²) in [5, 5.41) is 3.03. The van der Waals surface area contributed by atoms with Crippen LogP contribution in [0.1, 0.15) is 28.9 Å². The van der Waals surface area contributed by atoms with Gasteiger partial charge in [0.25, 0.3) is 5.91 Å². The van der Waals surface area contributed by atoms with E-state index in [0.29, 0.717) is 5.56 Å². The van der Waals surface area contributed by atoms with Crippen LogP contribution in [0.25, 0.3) is 5.69 Å². The molecule has 2 aromatic carbocycles. The first-order chi connectivity index (χ1) is 11.1. The molecule has 0 bridgehead atoms. The maximum absolute atomic E-state index is 12.3. The third-order valence-corrected chi connectivity index (χ3v) is 4.37. The van der Waals surface area contributed by atoms with Crippen molar-refractivity contribution in [1.82, 2.24) is 14.9 Å². The summed E-state index contributed by atoms with van der Waals surface area (Å²) in [5.41, 5.74) is 2.78. The molecule has 0 spiro atoms. The number of benzene rings is 2. The van der Waals surface area contributed by atoms with Crippen molar-refractivity contribution in [3.8, 4) is 5.69 Å². The second-order valence-electron chi connectivity index (χ2n) is 5.26. The van der Waals surface area contributed by atoms with Gasteiger partial charge in [0.15, 0.2) is 0 Å². The molecule has 0 aliphatic carbocycles. The Morgan fingerprint density at radius 3 is 2.43 bits per heavy atom. The minimum atomic E-state index is -0.0624. The Balaban J connectivity index is 1.69. The molecule has 116 valence electrons. The summed E-state index contributed by atoms with van der Waals surface area (Å²) in [7, 11) is 0. The number of halogens is 1. The molecule has 0 saturated carbocycles. The van der Waals surface area contributed by atoms with Crippen LogP contribution in [0, 0.1) is 3.57 Å². The van der Waals surface area contributed by atoms with Crippen molar-refractivity contribution >= 4 is 28.5 Å². The average Bonchev–Trinajstić information content (AvgIpc) is 3.10. The molecular weight excluding hydrogens is 401 g/mol. The Kier molecular flexibility index (Phi) is 4.76. The molecule has 1 unspecified atom stereocenters. The lowest BCUT2D eigenvalue weighted by molar-refractivity contribution is 0.0940. The molecular formula is C18H16IN3O. The summed E-state index contributed by atoms with van der Waals surface area (Å²) in [4.78, 5) is 16.3. The number of nitrogens with zero attached hydrogens (tertiary/aromatic N) is 2. The highest BCUT2D eigenvalue weighted by molar-refractivity contribution is 14.1. The van der Waals surface area contributed by atoms with Crippen LogP contribution in [-0.2, 0) is 0 Å². The molecule has 1 atom stereocenters. The Morgan fingerprint density at radius 1 is 1.13 bits per heavy atom. The van der Waals surface area contributed by atoms with Crippen LogP contribution in [0.4, 0.5) is 0 Å². The molecule has 1 amide bonds. The van der Waals surface area contributed by atoms with Crippen LogP contribution in [-0.4, -0.2) is 15.5 Å². The van der Waals surface area contributed by atoms with Crippen LogP contribution in [0.2, 0.25) is 0 Å². The second kappa shape index (κ2) is 6.95. The number of amides is 1. The largest absolute Gasteiger partial charge is 0.346 e. The minimum absolute atomic E-state index is 0.0568. The van der Waals surface area contributed by atoms with Crippen molar-refractivity contribution < 1.29 is 4.79 Å². The summed E-state index contributed by atoms with van der Waals surface area (Å²) < 4.78 is 3.06. The van der Waals surface area contributed by atoms with Crippen molar-refractivity contribution in [2.24, 2.45) is 0 Å². The zero-order valence-electron chi connectivity index (χ0n) is 12.6. The Labute approximate surface area is 148 Å². The molecule has 3 rings (SSSR count). The van der Waals surface area contributed by atoms with Gasteiger partial charge >= 0.3 is 0 Å². The lowest BCUT2D eigenvalue weighted by atomic mass is 10.1. The zero-order valence-corrected chi connectivity index (χ0v) is 14.8. The first-order valence-electron chi connectivity index (χ1n) is 7.28. The fraction of sp³-hybridized carbons (Fsp3) is 0.111. The molecule has 5 heteroatoms. The van der Waals surface area contributed by atoms with Gasteiger partial charge in [0, 0.05) is 27.2 Å². The smallest absolute Gasteiger partial charge is 0.251 e. The van der Waals surface area contributed by atoms with Gasteiger partial charge in [0.1, 0.15) is 0 Å². The first-order valence-corrected chi connectivity index (χ1v) is 8.36. The lowest BCUT2D eigenvalue weighted by Gasteiger charge is -2.15. The predicted molar refractivity (Wildman–Crippen MR) is 98.6 cm³/mol. The number of hydrogen-bond donors (Lipinski definition) is 1. The third-order valence-electron chi connectivity index (χ3n) is 3.65. The maximum atomic E-state index is 12.3. The van der Waals surface area contributed by atoms with Crippen LogP contribution < -0.4 is 5.32 Å². The van der Waals surface area contributed by atoms with E-state index < -0.39 is 0 Å². The summed E-state index contributed by atoms with van der Waals surface area (Å²) in [5.74, 6) is -0.0624. The van der Waals surface area contributed by atoms with Crippen LogP contribution in [0.15, 0.2) is 67.3 Å². The van der Waals surface area contributed by atoms with Crippen molar-refractivity contribution in [1.29, 1.82) is 0 Å². The van der Waals surface area contributed by atoms with Gasteiger partial charge < -0.3 is 9.88 Å². The van der Waals surface area contributed by atoms with E-state index in [0.717, 1.165) is 14.8 Å². The molecule has 1 aromatic heterocycles. The summed E-state index contributed by atoms with van der Waals surface area (Å²) in [6.45, 7) is 1.98. The Hall–Kier alpha value is -2.15. The number of aromatic nitrogens is 2. The summed E-state index contributed by atoms with van der Waals surface area (Å²) in [6, 6.07) is 15.6. The molecule has 0 aliphatic rings. The van der Waals surface area contributed by atoms with Gasteiger partial charge in [-0.3, -0.25) is 4.79 Å². The van der Waals surface area contributed by atoms with Gasteiger partial charge in [-0.1, -0.05) is 12.1 Å². The summed E-state index contributed by atoms with van der Waals surface area (Å²) >= 11 is 2.22. The van der Waals surface area contributed by atoms with Crippen molar-refractivity contribution in [2.45, 2.75) is 13.0 Å². The number of rotatable bonds is 4. The normalized spacial score (nSPS) is 11.9. The molecule has 0 fully saturated rings. The first kappa shape index (κ1) is 15.7. The van der Waals surface area contributed by atoms with Gasteiger partial charge in [-0.25, -0.2) is 4.98 Å². The average molecular weight is 417 g/mol. The molecule has 1 heterocycles. The second-order valence-corrected chi connectivity index (χ2v) is 6.51. The third kappa shape index (κ3) is 3.79. The van der Waals surface area contributed by atoms with E-state index in [1.807, 2.05) is 66.2 Å². The number of carbonyl (C=O) groups excluding carboxylic acids is 1. The van der Waals surface area contributed by atoms with Crippen molar-refractivity contribution in [3.05, 3.63) is 81.9 Å². The summed E-state index contributed by atoms with van der Waals surface area (Å²) in [6.07, 6.45) is 5.41. The van der Waals surface area contributed by atoms with Gasteiger partial charge in [-0.2, -0.15) is 0 Å².